The molecule has 2 fully saturated rings. The van der Waals surface area contributed by atoms with E-state index in [-0.39, 0.29) is 11.9 Å². The number of nitrogens with one attached hydrogen (secondary N) is 1. The van der Waals surface area contributed by atoms with Crippen molar-refractivity contribution < 1.29 is 9.53 Å². The summed E-state index contributed by atoms with van der Waals surface area (Å²) in [5, 5.41) is 3.14. The quantitative estimate of drug-likeness (QED) is 0.864. The van der Waals surface area contributed by atoms with Gasteiger partial charge in [-0.3, -0.25) is 4.79 Å². The van der Waals surface area contributed by atoms with Crippen LogP contribution in [0.25, 0.3) is 0 Å². The van der Waals surface area contributed by atoms with Gasteiger partial charge in [-0.25, -0.2) is 9.97 Å². The third-order valence-electron chi connectivity index (χ3n) is 5.04. The molecule has 0 radical (unpaired) electrons. The molecule has 1 saturated heterocycles. The van der Waals surface area contributed by atoms with Crippen molar-refractivity contribution in [2.24, 2.45) is 0 Å². The molecule has 1 atom stereocenters. The van der Waals surface area contributed by atoms with Crippen molar-refractivity contribution in [3.8, 4) is 5.75 Å². The second-order valence-electron chi connectivity index (χ2n) is 7.04. The lowest BCUT2D eigenvalue weighted by atomic mass is 10.1. The average Bonchev–Trinajstić information content (AvgIpc) is 3.42. The zero-order valence-electron chi connectivity index (χ0n) is 15.0. The van der Waals surface area contributed by atoms with Crippen LogP contribution in [0.2, 0.25) is 0 Å². The number of nitrogens with zero attached hydrogens (tertiary/aromatic N) is 3. The van der Waals surface area contributed by atoms with Gasteiger partial charge < -0.3 is 15.0 Å². The third-order valence-corrected chi connectivity index (χ3v) is 5.04. The monoisotopic (exact) mass is 352 g/mol. The number of ether oxygens (including phenoxy) is 1. The number of methoxy groups -OCH3 is 1. The van der Waals surface area contributed by atoms with E-state index in [0.29, 0.717) is 12.3 Å². The minimum atomic E-state index is 0.0222. The maximum Gasteiger partial charge on any atom is 0.225 e. The Morgan fingerprint density at radius 2 is 2.12 bits per heavy atom. The van der Waals surface area contributed by atoms with E-state index in [1.54, 1.807) is 7.11 Å². The van der Waals surface area contributed by atoms with Gasteiger partial charge in [-0.2, -0.15) is 0 Å². The lowest BCUT2D eigenvalue weighted by Gasteiger charge is -2.17. The summed E-state index contributed by atoms with van der Waals surface area (Å²) in [6, 6.07) is 9.78. The van der Waals surface area contributed by atoms with Gasteiger partial charge in [0.05, 0.1) is 13.5 Å². The van der Waals surface area contributed by atoms with Crippen molar-refractivity contribution >= 4 is 11.9 Å². The van der Waals surface area contributed by atoms with Crippen molar-refractivity contribution in [3.05, 3.63) is 47.8 Å². The summed E-state index contributed by atoms with van der Waals surface area (Å²) in [5.74, 6) is 2.18. The number of hydrogen-bond donors (Lipinski definition) is 1. The fourth-order valence-corrected chi connectivity index (χ4v) is 3.48. The van der Waals surface area contributed by atoms with Crippen LogP contribution in [-0.2, 0) is 11.2 Å². The molecule has 1 N–H and O–H groups in total. The van der Waals surface area contributed by atoms with Crippen molar-refractivity contribution in [3.63, 3.8) is 0 Å². The Bertz CT molecular complexity index is 791. The first-order valence-corrected chi connectivity index (χ1v) is 9.22. The SMILES string of the molecule is COc1ccccc1CC(=O)NC1CCN(c2nccc(C3CC3)n2)C1. The number of para-hydroxylation sites is 1. The van der Waals surface area contributed by atoms with Crippen LogP contribution in [0.4, 0.5) is 5.95 Å². The highest BCUT2D eigenvalue weighted by atomic mass is 16.5. The second kappa shape index (κ2) is 7.32. The second-order valence-corrected chi connectivity index (χ2v) is 7.04. The van der Waals surface area contributed by atoms with Crippen LogP contribution in [0.1, 0.15) is 36.4 Å². The maximum atomic E-state index is 12.4. The molecular weight excluding hydrogens is 328 g/mol. The summed E-state index contributed by atoms with van der Waals surface area (Å²) in [6.45, 7) is 1.62. The fourth-order valence-electron chi connectivity index (χ4n) is 3.48. The van der Waals surface area contributed by atoms with E-state index in [9.17, 15) is 4.79 Å². The Labute approximate surface area is 153 Å². The van der Waals surface area contributed by atoms with E-state index in [1.165, 1.54) is 12.8 Å². The summed E-state index contributed by atoms with van der Waals surface area (Å²) < 4.78 is 5.32. The van der Waals surface area contributed by atoms with Gasteiger partial charge in [0.25, 0.3) is 0 Å². The van der Waals surface area contributed by atoms with Gasteiger partial charge in [-0.15, -0.1) is 0 Å². The molecule has 1 amide bonds. The number of aromatic nitrogens is 2. The molecule has 2 aromatic rings. The van der Waals surface area contributed by atoms with Crippen LogP contribution in [0.15, 0.2) is 36.5 Å². The highest BCUT2D eigenvalue weighted by Gasteiger charge is 2.28. The maximum absolute atomic E-state index is 12.4. The lowest BCUT2D eigenvalue weighted by molar-refractivity contribution is -0.121. The summed E-state index contributed by atoms with van der Waals surface area (Å²) in [5.41, 5.74) is 2.06. The molecular formula is C20H24N4O2. The van der Waals surface area contributed by atoms with Crippen LogP contribution in [0.3, 0.4) is 0 Å². The molecule has 1 aromatic carbocycles. The Morgan fingerprint density at radius 1 is 1.27 bits per heavy atom. The Kier molecular flexibility index (Phi) is 4.73. The molecule has 0 bridgehead atoms. The van der Waals surface area contributed by atoms with Gasteiger partial charge in [0.15, 0.2) is 0 Å². The molecule has 26 heavy (non-hydrogen) atoms. The summed E-state index contributed by atoms with van der Waals surface area (Å²) in [7, 11) is 1.63. The summed E-state index contributed by atoms with van der Waals surface area (Å²) >= 11 is 0. The van der Waals surface area contributed by atoms with Crippen molar-refractivity contribution in [1.29, 1.82) is 0 Å². The minimum Gasteiger partial charge on any atom is -0.496 e. The van der Waals surface area contributed by atoms with E-state index in [4.69, 9.17) is 9.72 Å². The highest BCUT2D eigenvalue weighted by Crippen LogP contribution is 2.39. The predicted molar refractivity (Wildman–Crippen MR) is 99.5 cm³/mol. The van der Waals surface area contributed by atoms with E-state index >= 15 is 0 Å². The van der Waals surface area contributed by atoms with Gasteiger partial charge in [0, 0.05) is 42.5 Å². The molecule has 6 heteroatoms. The van der Waals surface area contributed by atoms with Gasteiger partial charge in [-0.1, -0.05) is 18.2 Å². The predicted octanol–water partition coefficient (Wildman–Crippen LogP) is 2.30. The molecule has 1 unspecified atom stereocenters. The van der Waals surface area contributed by atoms with Crippen LogP contribution in [-0.4, -0.2) is 42.1 Å². The van der Waals surface area contributed by atoms with Crippen LogP contribution >= 0.6 is 0 Å². The van der Waals surface area contributed by atoms with E-state index in [2.05, 4.69) is 15.2 Å². The van der Waals surface area contributed by atoms with Gasteiger partial charge >= 0.3 is 0 Å². The first-order valence-electron chi connectivity index (χ1n) is 9.22. The Hall–Kier alpha value is -2.63. The zero-order chi connectivity index (χ0) is 17.9. The standard InChI is InChI=1S/C20H24N4O2/c1-26-18-5-3-2-4-15(18)12-19(25)22-16-9-11-24(13-16)20-21-10-8-17(23-20)14-6-7-14/h2-5,8,10,14,16H,6-7,9,11-13H2,1H3,(H,22,25). The van der Waals surface area contributed by atoms with Crippen LogP contribution in [0, 0.1) is 0 Å². The van der Waals surface area contributed by atoms with Crippen LogP contribution < -0.4 is 15.0 Å². The first-order chi connectivity index (χ1) is 12.7. The number of anilines is 1. The van der Waals surface area contributed by atoms with Gasteiger partial charge in [0.1, 0.15) is 5.75 Å². The largest absolute Gasteiger partial charge is 0.496 e. The van der Waals surface area contributed by atoms with Gasteiger partial charge in [0.2, 0.25) is 11.9 Å². The van der Waals surface area contributed by atoms with Crippen molar-refractivity contribution in [2.45, 2.75) is 37.6 Å². The number of carbonyl (C=O) groups excluding carboxylic acids is 1. The van der Waals surface area contributed by atoms with E-state index < -0.39 is 0 Å². The van der Waals surface area contributed by atoms with Crippen LogP contribution in [0.5, 0.6) is 5.75 Å². The molecule has 2 aliphatic rings. The highest BCUT2D eigenvalue weighted by molar-refractivity contribution is 5.79. The number of hydrogen-bond acceptors (Lipinski definition) is 5. The number of carbonyl (C=O) groups is 1. The summed E-state index contributed by atoms with van der Waals surface area (Å²) in [4.78, 5) is 23.7. The summed E-state index contributed by atoms with van der Waals surface area (Å²) in [6.07, 6.45) is 5.56. The number of benzene rings is 1. The Balaban J connectivity index is 1.34. The molecule has 2 heterocycles. The average molecular weight is 352 g/mol. The van der Waals surface area contributed by atoms with E-state index in [1.807, 2.05) is 36.5 Å². The smallest absolute Gasteiger partial charge is 0.225 e. The van der Waals surface area contributed by atoms with Crippen molar-refractivity contribution in [2.75, 3.05) is 25.1 Å². The number of amides is 1. The first kappa shape index (κ1) is 16.8. The normalized spacial score (nSPS) is 19.4. The molecule has 4 rings (SSSR count). The topological polar surface area (TPSA) is 67.3 Å². The number of rotatable bonds is 6. The van der Waals surface area contributed by atoms with E-state index in [0.717, 1.165) is 42.5 Å². The Morgan fingerprint density at radius 3 is 2.92 bits per heavy atom. The molecule has 1 saturated carbocycles. The fraction of sp³-hybridized carbons (Fsp3) is 0.450. The zero-order valence-corrected chi connectivity index (χ0v) is 15.0. The molecule has 1 aromatic heterocycles. The van der Waals surface area contributed by atoms with Gasteiger partial charge in [-0.05, 0) is 31.4 Å². The molecule has 6 nitrogen and oxygen atoms in total. The molecule has 1 aliphatic carbocycles. The molecule has 0 spiro atoms. The van der Waals surface area contributed by atoms with Crippen molar-refractivity contribution in [1.82, 2.24) is 15.3 Å². The lowest BCUT2D eigenvalue weighted by Crippen LogP contribution is -2.38. The molecule has 136 valence electrons. The minimum absolute atomic E-state index is 0.0222. The third kappa shape index (κ3) is 3.79. The molecule has 1 aliphatic heterocycles.